The molecule has 1 aromatic carbocycles. The van der Waals surface area contributed by atoms with Crippen LogP contribution in [0.25, 0.3) is 33.1 Å². The smallest absolute Gasteiger partial charge is 0.268 e. The summed E-state index contributed by atoms with van der Waals surface area (Å²) in [7, 11) is 6.29. The van der Waals surface area contributed by atoms with Crippen LogP contribution in [0.3, 0.4) is 0 Å². The van der Waals surface area contributed by atoms with Crippen LogP contribution < -0.4 is 10.6 Å². The van der Waals surface area contributed by atoms with E-state index in [1.54, 1.807) is 6.20 Å². The second-order valence-corrected chi connectivity index (χ2v) is 11.1. The monoisotopic (exact) mass is 511 g/mol. The van der Waals surface area contributed by atoms with Crippen molar-refractivity contribution in [3.05, 3.63) is 54.5 Å². The molecule has 0 bridgehead atoms. The quantitative estimate of drug-likeness (QED) is 0.420. The minimum atomic E-state index is 0.000691. The van der Waals surface area contributed by atoms with Crippen molar-refractivity contribution >= 4 is 33.4 Å². The van der Waals surface area contributed by atoms with Gasteiger partial charge in [0.25, 0.3) is 5.91 Å². The second-order valence-electron chi connectivity index (χ2n) is 11.1. The van der Waals surface area contributed by atoms with Gasteiger partial charge in [0.2, 0.25) is 0 Å². The highest BCUT2D eigenvalue weighted by atomic mass is 16.2. The highest BCUT2D eigenvalue weighted by molar-refractivity contribution is 6.00. The standard InChI is InChI=1S/C30H37N7O/c1-35-12-7-22(8-13-35)32-27-18-26(34-25-6-11-31-19-24(25)27)20-4-5-28-21(16-20)17-29(37(28)3)30(38)33-23-9-14-36(2)15-10-23/h4-6,11,16-19,22-23H,7-10,12-15H2,1-3H3,(H,32,34)(H,33,38). The average Bonchev–Trinajstić information content (AvgIpc) is 3.27. The zero-order chi connectivity index (χ0) is 26.2. The number of piperidine rings is 2. The molecule has 0 spiro atoms. The van der Waals surface area contributed by atoms with Crippen molar-refractivity contribution in [1.29, 1.82) is 0 Å². The van der Waals surface area contributed by atoms with Gasteiger partial charge >= 0.3 is 0 Å². The summed E-state index contributed by atoms with van der Waals surface area (Å²) in [6.45, 7) is 4.24. The van der Waals surface area contributed by atoms with Crippen LogP contribution in [0.5, 0.6) is 0 Å². The summed E-state index contributed by atoms with van der Waals surface area (Å²) in [5, 5.41) is 9.14. The highest BCUT2D eigenvalue weighted by Gasteiger charge is 2.22. The molecule has 0 radical (unpaired) electrons. The van der Waals surface area contributed by atoms with E-state index in [0.29, 0.717) is 11.7 Å². The number of benzene rings is 1. The zero-order valence-electron chi connectivity index (χ0n) is 22.6. The van der Waals surface area contributed by atoms with E-state index >= 15 is 0 Å². The molecule has 3 aromatic heterocycles. The molecule has 2 fully saturated rings. The van der Waals surface area contributed by atoms with Crippen LogP contribution in [0, 0.1) is 0 Å². The van der Waals surface area contributed by atoms with Gasteiger partial charge in [0, 0.05) is 59.1 Å². The summed E-state index contributed by atoms with van der Waals surface area (Å²) in [6.07, 6.45) is 7.93. The van der Waals surface area contributed by atoms with E-state index in [-0.39, 0.29) is 11.9 Å². The van der Waals surface area contributed by atoms with Crippen molar-refractivity contribution in [1.82, 2.24) is 29.7 Å². The number of hydrogen-bond donors (Lipinski definition) is 2. The SMILES string of the molecule is CN1CCC(NC(=O)c2cc3cc(-c4cc(NC5CCN(C)CC5)c5cnccc5n4)ccc3n2C)CC1. The normalized spacial score (nSPS) is 18.3. The van der Waals surface area contributed by atoms with E-state index in [0.717, 1.165) is 90.6 Å². The van der Waals surface area contributed by atoms with E-state index in [1.807, 2.05) is 29.9 Å². The number of fused-ring (bicyclic) bond motifs is 2. The third-order valence-electron chi connectivity index (χ3n) is 8.31. The minimum absolute atomic E-state index is 0.000691. The number of anilines is 1. The molecule has 2 aliphatic rings. The summed E-state index contributed by atoms with van der Waals surface area (Å²) in [6, 6.07) is 13.2. The second kappa shape index (κ2) is 10.3. The lowest BCUT2D eigenvalue weighted by molar-refractivity contribution is 0.0909. The maximum atomic E-state index is 13.2. The number of hydrogen-bond acceptors (Lipinski definition) is 6. The predicted octanol–water partition coefficient (Wildman–Crippen LogP) is 4.12. The molecule has 2 aliphatic heterocycles. The van der Waals surface area contributed by atoms with E-state index in [2.05, 4.69) is 63.8 Å². The van der Waals surface area contributed by atoms with Gasteiger partial charge in [0.05, 0.1) is 11.2 Å². The Morgan fingerprint density at radius 3 is 2.34 bits per heavy atom. The molecule has 2 saturated heterocycles. The van der Waals surface area contributed by atoms with E-state index in [4.69, 9.17) is 4.98 Å². The Hall–Kier alpha value is -3.49. The number of likely N-dealkylation sites (tertiary alicyclic amines) is 2. The number of aryl methyl sites for hydroxylation is 1. The molecule has 1 amide bonds. The van der Waals surface area contributed by atoms with E-state index in [9.17, 15) is 4.79 Å². The van der Waals surface area contributed by atoms with Crippen LogP contribution in [0.1, 0.15) is 36.2 Å². The van der Waals surface area contributed by atoms with Gasteiger partial charge in [-0.1, -0.05) is 6.07 Å². The number of carbonyl (C=O) groups is 1. The van der Waals surface area contributed by atoms with Gasteiger partial charge in [0.15, 0.2) is 0 Å². The Balaban J connectivity index is 1.30. The van der Waals surface area contributed by atoms with Gasteiger partial charge in [-0.05, 0) is 96.3 Å². The average molecular weight is 512 g/mol. The first-order valence-electron chi connectivity index (χ1n) is 13.7. The van der Waals surface area contributed by atoms with Crippen molar-refractivity contribution in [3.63, 3.8) is 0 Å². The molecule has 0 unspecified atom stereocenters. The Morgan fingerprint density at radius 2 is 1.61 bits per heavy atom. The van der Waals surface area contributed by atoms with Crippen molar-refractivity contribution < 1.29 is 4.79 Å². The summed E-state index contributed by atoms with van der Waals surface area (Å²) >= 11 is 0. The number of rotatable bonds is 5. The molecule has 6 rings (SSSR count). The predicted molar refractivity (Wildman–Crippen MR) is 154 cm³/mol. The molecular weight excluding hydrogens is 474 g/mol. The first-order chi connectivity index (χ1) is 18.4. The molecule has 0 atom stereocenters. The third-order valence-corrected chi connectivity index (χ3v) is 8.31. The van der Waals surface area contributed by atoms with Crippen LogP contribution in [-0.2, 0) is 7.05 Å². The fraction of sp³-hybridized carbons (Fsp3) is 0.433. The Labute approximate surface area is 224 Å². The summed E-state index contributed by atoms with van der Waals surface area (Å²) in [4.78, 5) is 27.2. The summed E-state index contributed by atoms with van der Waals surface area (Å²) in [5.74, 6) is 0.000691. The largest absolute Gasteiger partial charge is 0.382 e. The summed E-state index contributed by atoms with van der Waals surface area (Å²) in [5.41, 5.74) is 5.70. The minimum Gasteiger partial charge on any atom is -0.382 e. The first-order valence-corrected chi connectivity index (χ1v) is 13.7. The maximum absolute atomic E-state index is 13.2. The Bertz CT molecular complexity index is 1460. The van der Waals surface area contributed by atoms with E-state index < -0.39 is 0 Å². The van der Waals surface area contributed by atoms with Gasteiger partial charge in [-0.3, -0.25) is 9.78 Å². The molecule has 0 aliphatic carbocycles. The number of nitrogens with one attached hydrogen (secondary N) is 2. The van der Waals surface area contributed by atoms with Gasteiger partial charge in [0.1, 0.15) is 5.69 Å². The third kappa shape index (κ3) is 4.98. The van der Waals surface area contributed by atoms with Crippen molar-refractivity contribution in [3.8, 4) is 11.3 Å². The van der Waals surface area contributed by atoms with Crippen molar-refractivity contribution in [2.24, 2.45) is 7.05 Å². The molecule has 38 heavy (non-hydrogen) atoms. The topological polar surface area (TPSA) is 78.3 Å². The van der Waals surface area contributed by atoms with Crippen LogP contribution in [0.2, 0.25) is 0 Å². The molecule has 198 valence electrons. The Kier molecular flexibility index (Phi) is 6.76. The maximum Gasteiger partial charge on any atom is 0.268 e. The lowest BCUT2D eigenvalue weighted by Gasteiger charge is -2.30. The molecular formula is C30H37N7O. The van der Waals surface area contributed by atoms with Crippen LogP contribution in [0.4, 0.5) is 5.69 Å². The molecule has 5 heterocycles. The van der Waals surface area contributed by atoms with Crippen LogP contribution in [-0.4, -0.2) is 82.6 Å². The summed E-state index contributed by atoms with van der Waals surface area (Å²) < 4.78 is 2.00. The fourth-order valence-corrected chi connectivity index (χ4v) is 5.85. The molecule has 8 heteroatoms. The fourth-order valence-electron chi connectivity index (χ4n) is 5.85. The lowest BCUT2D eigenvalue weighted by Crippen LogP contribution is -2.43. The number of aromatic nitrogens is 3. The van der Waals surface area contributed by atoms with Gasteiger partial charge in [-0.25, -0.2) is 4.98 Å². The van der Waals surface area contributed by atoms with Gasteiger partial charge in [-0.2, -0.15) is 0 Å². The number of carbonyl (C=O) groups excluding carboxylic acids is 1. The number of pyridine rings is 2. The van der Waals surface area contributed by atoms with Gasteiger partial charge in [-0.15, -0.1) is 0 Å². The highest BCUT2D eigenvalue weighted by Crippen LogP contribution is 2.31. The van der Waals surface area contributed by atoms with Crippen LogP contribution >= 0.6 is 0 Å². The number of nitrogens with zero attached hydrogens (tertiary/aromatic N) is 5. The Morgan fingerprint density at radius 1 is 0.895 bits per heavy atom. The molecule has 0 saturated carbocycles. The molecule has 4 aromatic rings. The zero-order valence-corrected chi connectivity index (χ0v) is 22.6. The molecule has 8 nitrogen and oxygen atoms in total. The van der Waals surface area contributed by atoms with E-state index in [1.165, 1.54) is 0 Å². The van der Waals surface area contributed by atoms with Crippen molar-refractivity contribution in [2.75, 3.05) is 45.6 Å². The number of amides is 1. The van der Waals surface area contributed by atoms with Crippen LogP contribution in [0.15, 0.2) is 48.8 Å². The van der Waals surface area contributed by atoms with Crippen molar-refractivity contribution in [2.45, 2.75) is 37.8 Å². The lowest BCUT2D eigenvalue weighted by atomic mass is 10.0. The molecule has 2 N–H and O–H groups in total. The van der Waals surface area contributed by atoms with Gasteiger partial charge < -0.3 is 25.0 Å². The first kappa shape index (κ1) is 24.8.